The molecule has 2 rings (SSSR count). The van der Waals surface area contributed by atoms with Crippen molar-refractivity contribution in [3.05, 3.63) is 34.6 Å². The van der Waals surface area contributed by atoms with Gasteiger partial charge in [-0.1, -0.05) is 37.3 Å². The fourth-order valence-electron chi connectivity index (χ4n) is 2.92. The number of hydrogen-bond donors (Lipinski definition) is 1. The zero-order valence-corrected chi connectivity index (χ0v) is 11.9. The third-order valence-electron chi connectivity index (χ3n) is 4.11. The van der Waals surface area contributed by atoms with Gasteiger partial charge in [0.2, 0.25) is 0 Å². The lowest BCUT2D eigenvalue weighted by atomic mass is 9.84. The van der Waals surface area contributed by atoms with Gasteiger partial charge in [-0.2, -0.15) is 0 Å². The van der Waals surface area contributed by atoms with Crippen molar-refractivity contribution >= 4 is 11.6 Å². The van der Waals surface area contributed by atoms with E-state index < -0.39 is 17.5 Å². The zero-order valence-electron chi connectivity index (χ0n) is 11.2. The first-order valence-corrected chi connectivity index (χ1v) is 7.15. The van der Waals surface area contributed by atoms with Crippen LogP contribution in [0.2, 0.25) is 5.02 Å². The lowest BCUT2D eigenvalue weighted by molar-refractivity contribution is -0.114. The van der Waals surface area contributed by atoms with Gasteiger partial charge in [0.1, 0.15) is 11.9 Å². The monoisotopic (exact) mass is 286 g/mol. The molecule has 4 heteroatoms. The number of aliphatic hydroxyl groups excluding tert-OH is 1. The summed E-state index contributed by atoms with van der Waals surface area (Å²) in [4.78, 5) is 0. The molecular weight excluding hydrogens is 267 g/mol. The maximum absolute atomic E-state index is 13.4. The Morgan fingerprint density at radius 3 is 2.47 bits per heavy atom. The van der Waals surface area contributed by atoms with Crippen LogP contribution in [0.15, 0.2) is 18.2 Å². The third kappa shape index (κ3) is 3.10. The predicted octanol–water partition coefficient (Wildman–Crippen LogP) is 4.25. The normalized spacial score (nSPS) is 20.8. The van der Waals surface area contributed by atoms with Crippen molar-refractivity contribution in [2.45, 2.75) is 50.2 Å². The average molecular weight is 287 g/mol. The van der Waals surface area contributed by atoms with Crippen molar-refractivity contribution in [2.75, 3.05) is 7.11 Å². The van der Waals surface area contributed by atoms with Crippen molar-refractivity contribution in [2.24, 2.45) is 0 Å². The summed E-state index contributed by atoms with van der Waals surface area (Å²) in [5, 5.41) is 11.0. The van der Waals surface area contributed by atoms with Crippen LogP contribution in [0, 0.1) is 5.82 Å². The Hall–Kier alpha value is -0.640. The predicted molar refractivity (Wildman–Crippen MR) is 73.8 cm³/mol. The number of methoxy groups -OCH3 is 1. The molecule has 0 aliphatic heterocycles. The fraction of sp³-hybridized carbons (Fsp3) is 0.600. The molecule has 1 aromatic carbocycles. The second-order valence-electron chi connectivity index (χ2n) is 5.25. The fourth-order valence-corrected chi connectivity index (χ4v) is 3.14. The van der Waals surface area contributed by atoms with Gasteiger partial charge in [-0.15, -0.1) is 0 Å². The number of hydrogen-bond acceptors (Lipinski definition) is 2. The summed E-state index contributed by atoms with van der Waals surface area (Å²) < 4.78 is 19.0. The Balaban J connectivity index is 2.33. The molecular formula is C15H20ClFO2. The lowest BCUT2D eigenvalue weighted by Crippen LogP contribution is -2.38. The number of ether oxygens (including phenoxy) is 1. The van der Waals surface area contributed by atoms with Gasteiger partial charge < -0.3 is 9.84 Å². The first-order valence-electron chi connectivity index (χ1n) is 6.77. The number of rotatable bonds is 3. The molecule has 1 fully saturated rings. The first kappa shape index (κ1) is 14.8. The number of halogens is 2. The summed E-state index contributed by atoms with van der Waals surface area (Å²) in [6.07, 6.45) is 4.98. The molecule has 1 unspecified atom stereocenters. The number of aliphatic hydroxyl groups is 1. The van der Waals surface area contributed by atoms with Crippen LogP contribution in [0.3, 0.4) is 0 Å². The second-order valence-corrected chi connectivity index (χ2v) is 5.66. The molecule has 2 nitrogen and oxygen atoms in total. The van der Waals surface area contributed by atoms with Crippen LogP contribution in [0.25, 0.3) is 0 Å². The minimum absolute atomic E-state index is 0.384. The Morgan fingerprint density at radius 2 is 1.89 bits per heavy atom. The van der Waals surface area contributed by atoms with Gasteiger partial charge in [0, 0.05) is 17.7 Å². The topological polar surface area (TPSA) is 29.5 Å². The van der Waals surface area contributed by atoms with E-state index in [2.05, 4.69) is 0 Å². The highest BCUT2D eigenvalue weighted by Crippen LogP contribution is 2.42. The van der Waals surface area contributed by atoms with E-state index in [0.29, 0.717) is 10.6 Å². The highest BCUT2D eigenvalue weighted by molar-refractivity contribution is 6.31. The minimum Gasteiger partial charge on any atom is -0.385 e. The van der Waals surface area contributed by atoms with E-state index in [1.807, 2.05) is 0 Å². The Bertz CT molecular complexity index is 428. The Kier molecular flexibility index (Phi) is 4.82. The molecule has 0 bridgehead atoms. The van der Waals surface area contributed by atoms with E-state index in [-0.39, 0.29) is 0 Å². The molecule has 1 N–H and O–H groups in total. The van der Waals surface area contributed by atoms with Gasteiger partial charge in [0.25, 0.3) is 0 Å². The molecule has 0 saturated heterocycles. The second kappa shape index (κ2) is 6.21. The number of benzene rings is 1. The molecule has 1 aliphatic rings. The Labute approximate surface area is 118 Å². The van der Waals surface area contributed by atoms with Gasteiger partial charge in [0.15, 0.2) is 0 Å². The molecule has 106 valence electrons. The molecule has 1 aliphatic carbocycles. The summed E-state index contributed by atoms with van der Waals surface area (Å²) in [5.74, 6) is -0.390. The molecule has 0 amide bonds. The molecule has 0 spiro atoms. The largest absolute Gasteiger partial charge is 0.385 e. The van der Waals surface area contributed by atoms with E-state index >= 15 is 0 Å². The van der Waals surface area contributed by atoms with Crippen LogP contribution in [-0.4, -0.2) is 17.8 Å². The maximum atomic E-state index is 13.4. The third-order valence-corrected chi connectivity index (χ3v) is 4.45. The quantitative estimate of drug-likeness (QED) is 0.842. The molecule has 1 aromatic rings. The SMILES string of the molecule is COC1(C(O)c2cc(F)ccc2Cl)CCCCCC1. The minimum atomic E-state index is -0.890. The first-order chi connectivity index (χ1) is 9.09. The van der Waals surface area contributed by atoms with Gasteiger partial charge >= 0.3 is 0 Å². The highest BCUT2D eigenvalue weighted by atomic mass is 35.5. The summed E-state index contributed by atoms with van der Waals surface area (Å²) in [6.45, 7) is 0. The van der Waals surface area contributed by atoms with E-state index in [4.69, 9.17) is 16.3 Å². The Morgan fingerprint density at radius 1 is 1.26 bits per heavy atom. The summed E-state index contributed by atoms with van der Waals surface area (Å²) in [7, 11) is 1.61. The van der Waals surface area contributed by atoms with Crippen molar-refractivity contribution in [3.63, 3.8) is 0 Å². The summed E-state index contributed by atoms with van der Waals surface area (Å²) in [5.41, 5.74) is -0.223. The van der Waals surface area contributed by atoms with E-state index in [1.54, 1.807) is 7.11 Å². The average Bonchev–Trinajstić information content (AvgIpc) is 2.67. The molecule has 1 atom stereocenters. The molecule has 19 heavy (non-hydrogen) atoms. The molecule has 0 radical (unpaired) electrons. The van der Waals surface area contributed by atoms with Crippen LogP contribution >= 0.6 is 11.6 Å². The van der Waals surface area contributed by atoms with Crippen molar-refractivity contribution in [1.29, 1.82) is 0 Å². The van der Waals surface area contributed by atoms with Gasteiger partial charge in [0.05, 0.1) is 5.60 Å². The van der Waals surface area contributed by atoms with Crippen molar-refractivity contribution in [3.8, 4) is 0 Å². The van der Waals surface area contributed by atoms with Crippen LogP contribution in [0.4, 0.5) is 4.39 Å². The van der Waals surface area contributed by atoms with Gasteiger partial charge in [-0.05, 0) is 31.0 Å². The van der Waals surface area contributed by atoms with Gasteiger partial charge in [-0.25, -0.2) is 4.39 Å². The van der Waals surface area contributed by atoms with E-state index in [1.165, 1.54) is 18.2 Å². The van der Waals surface area contributed by atoms with Gasteiger partial charge in [-0.3, -0.25) is 0 Å². The highest BCUT2D eigenvalue weighted by Gasteiger charge is 2.40. The zero-order chi connectivity index (χ0) is 13.9. The van der Waals surface area contributed by atoms with Crippen LogP contribution < -0.4 is 0 Å². The summed E-state index contributed by atoms with van der Waals surface area (Å²) in [6, 6.07) is 4.08. The van der Waals surface area contributed by atoms with Crippen LogP contribution in [0.5, 0.6) is 0 Å². The lowest BCUT2D eigenvalue weighted by Gasteiger charge is -2.36. The van der Waals surface area contributed by atoms with Crippen LogP contribution in [0.1, 0.15) is 50.2 Å². The molecule has 0 heterocycles. The smallest absolute Gasteiger partial charge is 0.123 e. The van der Waals surface area contributed by atoms with E-state index in [9.17, 15) is 9.50 Å². The van der Waals surface area contributed by atoms with Crippen LogP contribution in [-0.2, 0) is 4.74 Å². The van der Waals surface area contributed by atoms with E-state index in [0.717, 1.165) is 38.5 Å². The maximum Gasteiger partial charge on any atom is 0.123 e. The standard InChI is InChI=1S/C15H20ClFO2/c1-19-15(8-4-2-3-5-9-15)14(18)12-10-11(17)6-7-13(12)16/h6-7,10,14,18H,2-5,8-9H2,1H3. The molecule has 1 saturated carbocycles. The molecule has 0 aromatic heterocycles. The van der Waals surface area contributed by atoms with Crippen molar-refractivity contribution in [1.82, 2.24) is 0 Å². The van der Waals surface area contributed by atoms with Crippen molar-refractivity contribution < 1.29 is 14.2 Å². The summed E-state index contributed by atoms with van der Waals surface area (Å²) >= 11 is 6.09.